The highest BCUT2D eigenvalue weighted by Crippen LogP contribution is 2.27. The molecule has 1 amide bonds. The maximum atomic E-state index is 11.9. The van der Waals surface area contributed by atoms with Crippen molar-refractivity contribution in [2.24, 2.45) is 0 Å². The average molecular weight is 249 g/mol. The number of rotatable bonds is 5. The molecule has 2 rings (SSSR count). The van der Waals surface area contributed by atoms with Gasteiger partial charge in [-0.1, -0.05) is 25.1 Å². The molecule has 0 saturated carbocycles. The van der Waals surface area contributed by atoms with Gasteiger partial charge in [-0.05, 0) is 24.5 Å². The van der Waals surface area contributed by atoms with Crippen LogP contribution >= 0.6 is 0 Å². The Balaban J connectivity index is 1.79. The van der Waals surface area contributed by atoms with Crippen LogP contribution in [0.15, 0.2) is 24.3 Å². The van der Waals surface area contributed by atoms with Crippen LogP contribution < -0.4 is 10.1 Å². The summed E-state index contributed by atoms with van der Waals surface area (Å²) in [4.78, 5) is 11.9. The Morgan fingerprint density at radius 3 is 3.06 bits per heavy atom. The molecule has 0 aliphatic carbocycles. The molecule has 1 aliphatic rings. The lowest BCUT2D eigenvalue weighted by atomic mass is 10.1. The van der Waals surface area contributed by atoms with Gasteiger partial charge in [0.2, 0.25) is 0 Å². The molecule has 1 aromatic carbocycles. The van der Waals surface area contributed by atoms with Crippen LogP contribution in [-0.2, 0) is 11.2 Å². The van der Waals surface area contributed by atoms with Gasteiger partial charge in [0.15, 0.2) is 6.10 Å². The van der Waals surface area contributed by atoms with Gasteiger partial charge in [0.25, 0.3) is 5.91 Å². The van der Waals surface area contributed by atoms with E-state index >= 15 is 0 Å². The van der Waals surface area contributed by atoms with Gasteiger partial charge in [-0.25, -0.2) is 0 Å². The number of ether oxygens (including phenoxy) is 1. The second kappa shape index (κ2) is 5.87. The van der Waals surface area contributed by atoms with Crippen molar-refractivity contribution in [1.82, 2.24) is 5.32 Å². The van der Waals surface area contributed by atoms with E-state index in [0.717, 1.165) is 11.3 Å². The first kappa shape index (κ1) is 12.9. The van der Waals surface area contributed by atoms with Crippen LogP contribution in [0.5, 0.6) is 5.75 Å². The quantitative estimate of drug-likeness (QED) is 0.826. The molecule has 0 fully saturated rings. The normalized spacial score (nSPS) is 18.9. The van der Waals surface area contributed by atoms with Gasteiger partial charge in [0.1, 0.15) is 5.75 Å². The molecule has 0 radical (unpaired) electrons. The van der Waals surface area contributed by atoms with Gasteiger partial charge < -0.3 is 15.2 Å². The zero-order valence-corrected chi connectivity index (χ0v) is 10.6. The van der Waals surface area contributed by atoms with Crippen molar-refractivity contribution in [2.45, 2.75) is 38.4 Å². The SMILES string of the molecule is CCC(O)CCNC(=O)C1Cc2ccccc2O1. The van der Waals surface area contributed by atoms with E-state index in [1.54, 1.807) is 0 Å². The number of fused-ring (bicyclic) bond motifs is 1. The summed E-state index contributed by atoms with van der Waals surface area (Å²) in [6, 6.07) is 7.70. The largest absolute Gasteiger partial charge is 0.480 e. The van der Waals surface area contributed by atoms with E-state index in [1.165, 1.54) is 0 Å². The minimum absolute atomic E-state index is 0.102. The summed E-state index contributed by atoms with van der Waals surface area (Å²) in [5.74, 6) is 0.695. The lowest BCUT2D eigenvalue weighted by molar-refractivity contribution is -0.127. The highest BCUT2D eigenvalue weighted by atomic mass is 16.5. The van der Waals surface area contributed by atoms with Gasteiger partial charge in [-0.2, -0.15) is 0 Å². The summed E-state index contributed by atoms with van der Waals surface area (Å²) in [6.45, 7) is 2.41. The monoisotopic (exact) mass is 249 g/mol. The van der Waals surface area contributed by atoms with Gasteiger partial charge >= 0.3 is 0 Å². The van der Waals surface area contributed by atoms with Gasteiger partial charge in [0, 0.05) is 13.0 Å². The molecular formula is C14H19NO3. The van der Waals surface area contributed by atoms with Crippen LogP contribution in [0.25, 0.3) is 0 Å². The maximum Gasteiger partial charge on any atom is 0.261 e. The van der Waals surface area contributed by atoms with Crippen LogP contribution in [0.2, 0.25) is 0 Å². The van der Waals surface area contributed by atoms with Crippen LogP contribution in [0.4, 0.5) is 0 Å². The van der Waals surface area contributed by atoms with E-state index < -0.39 is 6.10 Å². The number of amides is 1. The molecule has 0 aromatic heterocycles. The molecule has 1 heterocycles. The first-order valence-electron chi connectivity index (χ1n) is 6.41. The molecule has 98 valence electrons. The lowest BCUT2D eigenvalue weighted by Gasteiger charge is -2.12. The molecule has 0 spiro atoms. The molecular weight excluding hydrogens is 230 g/mol. The fourth-order valence-corrected chi connectivity index (χ4v) is 2.01. The highest BCUT2D eigenvalue weighted by Gasteiger charge is 2.28. The van der Waals surface area contributed by atoms with Gasteiger partial charge in [0.05, 0.1) is 6.10 Å². The Kier molecular flexibility index (Phi) is 4.20. The van der Waals surface area contributed by atoms with Gasteiger partial charge in [-0.15, -0.1) is 0 Å². The predicted octanol–water partition coefficient (Wildman–Crippen LogP) is 1.27. The van der Waals surface area contributed by atoms with Crippen LogP contribution in [0, 0.1) is 0 Å². The summed E-state index contributed by atoms with van der Waals surface area (Å²) >= 11 is 0. The summed E-state index contributed by atoms with van der Waals surface area (Å²) in [6.07, 6.45) is 1.15. The molecule has 0 saturated heterocycles. The number of carbonyl (C=O) groups excluding carboxylic acids is 1. The number of aliphatic hydroxyl groups excluding tert-OH is 1. The molecule has 2 unspecified atom stereocenters. The third-order valence-corrected chi connectivity index (χ3v) is 3.19. The van der Waals surface area contributed by atoms with E-state index in [1.807, 2.05) is 31.2 Å². The van der Waals surface area contributed by atoms with Crippen molar-refractivity contribution in [2.75, 3.05) is 6.54 Å². The molecule has 1 aromatic rings. The Morgan fingerprint density at radius 1 is 1.56 bits per heavy atom. The zero-order valence-electron chi connectivity index (χ0n) is 10.6. The lowest BCUT2D eigenvalue weighted by Crippen LogP contribution is -2.38. The Labute approximate surface area is 107 Å². The fraction of sp³-hybridized carbons (Fsp3) is 0.500. The molecule has 0 bridgehead atoms. The third kappa shape index (κ3) is 3.01. The van der Waals surface area contributed by atoms with Crippen molar-refractivity contribution in [3.63, 3.8) is 0 Å². The van der Waals surface area contributed by atoms with E-state index in [4.69, 9.17) is 4.74 Å². The first-order chi connectivity index (χ1) is 8.70. The summed E-state index contributed by atoms with van der Waals surface area (Å²) in [5.41, 5.74) is 1.08. The molecule has 4 nitrogen and oxygen atoms in total. The third-order valence-electron chi connectivity index (χ3n) is 3.19. The molecule has 1 aliphatic heterocycles. The van der Waals surface area contributed by atoms with Gasteiger partial charge in [-0.3, -0.25) is 4.79 Å². The number of hydrogen-bond donors (Lipinski definition) is 2. The van der Waals surface area contributed by atoms with Crippen molar-refractivity contribution < 1.29 is 14.6 Å². The van der Waals surface area contributed by atoms with E-state index in [0.29, 0.717) is 25.8 Å². The zero-order chi connectivity index (χ0) is 13.0. The predicted molar refractivity (Wildman–Crippen MR) is 68.5 cm³/mol. The summed E-state index contributed by atoms with van der Waals surface area (Å²) < 4.78 is 5.58. The number of aliphatic hydroxyl groups is 1. The Morgan fingerprint density at radius 2 is 2.33 bits per heavy atom. The fourth-order valence-electron chi connectivity index (χ4n) is 2.01. The molecule has 2 atom stereocenters. The Bertz CT molecular complexity index is 394. The minimum atomic E-state index is -0.429. The average Bonchev–Trinajstić information content (AvgIpc) is 2.82. The standard InChI is InChI=1S/C14H19NO3/c1-2-11(16)7-8-15-14(17)13-9-10-5-3-4-6-12(10)18-13/h3-6,11,13,16H,2,7-9H2,1H3,(H,15,17). The molecule has 4 heteroatoms. The smallest absolute Gasteiger partial charge is 0.261 e. The molecule has 18 heavy (non-hydrogen) atoms. The maximum absolute atomic E-state index is 11.9. The van der Waals surface area contributed by atoms with E-state index in [2.05, 4.69) is 5.32 Å². The number of hydrogen-bond acceptors (Lipinski definition) is 3. The van der Waals surface area contributed by atoms with Crippen LogP contribution in [0.3, 0.4) is 0 Å². The minimum Gasteiger partial charge on any atom is -0.480 e. The number of carbonyl (C=O) groups is 1. The summed E-state index contributed by atoms with van der Waals surface area (Å²) in [5, 5.41) is 12.2. The van der Waals surface area contributed by atoms with E-state index in [-0.39, 0.29) is 12.0 Å². The van der Waals surface area contributed by atoms with Crippen molar-refractivity contribution in [1.29, 1.82) is 0 Å². The van der Waals surface area contributed by atoms with Crippen molar-refractivity contribution in [3.05, 3.63) is 29.8 Å². The number of nitrogens with one attached hydrogen (secondary N) is 1. The van der Waals surface area contributed by atoms with Crippen LogP contribution in [-0.4, -0.2) is 29.8 Å². The topological polar surface area (TPSA) is 58.6 Å². The number of para-hydroxylation sites is 1. The first-order valence-corrected chi connectivity index (χ1v) is 6.41. The molecule has 2 N–H and O–H groups in total. The second-order valence-corrected chi connectivity index (χ2v) is 4.56. The van der Waals surface area contributed by atoms with Crippen LogP contribution in [0.1, 0.15) is 25.3 Å². The van der Waals surface area contributed by atoms with Crippen molar-refractivity contribution >= 4 is 5.91 Å². The highest BCUT2D eigenvalue weighted by molar-refractivity contribution is 5.82. The summed E-state index contributed by atoms with van der Waals surface area (Å²) in [7, 11) is 0. The Hall–Kier alpha value is -1.55. The van der Waals surface area contributed by atoms with Crippen molar-refractivity contribution in [3.8, 4) is 5.75 Å². The van der Waals surface area contributed by atoms with E-state index in [9.17, 15) is 9.90 Å². The number of benzene rings is 1. The second-order valence-electron chi connectivity index (χ2n) is 4.56.